The second-order valence-electron chi connectivity index (χ2n) is 16.5. The van der Waals surface area contributed by atoms with Crippen LogP contribution in [0.2, 0.25) is 0 Å². The molecule has 0 saturated heterocycles. The fraction of sp³-hybridized carbons (Fsp3) is 0.0714. The predicted octanol–water partition coefficient (Wildman–Crippen LogP) is 16.6. The molecule has 0 radical (unpaired) electrons. The second-order valence-corrected chi connectivity index (χ2v) is 16.5. The number of aryl methyl sites for hydroxylation is 4. The standard InChI is InChI=1S/C56H40N2O2/c1-33-25-34(2)28-41(27-33)57(39-17-23-53-47(31-39)43-9-5-7-11-51(43)59-53)49-21-15-37-14-20-46-50(22-16-38-13-19-45(49)55(37)56(38)46)58(42-29-35(3)26-36(4)30-42)40-18-24-54-48(32-40)44-10-6-8-12-52(44)60-54/h5-32H,1-4H3. The van der Waals surface area contributed by atoms with Crippen molar-refractivity contribution in [3.05, 3.63) is 192 Å². The summed E-state index contributed by atoms with van der Waals surface area (Å²) < 4.78 is 12.6. The largest absolute Gasteiger partial charge is 0.456 e. The molecule has 0 fully saturated rings. The molecule has 10 aromatic carbocycles. The second kappa shape index (κ2) is 13.0. The van der Waals surface area contributed by atoms with Gasteiger partial charge in [-0.1, -0.05) is 84.9 Å². The zero-order chi connectivity index (χ0) is 40.2. The number of fused-ring (bicyclic) bond motifs is 6. The highest BCUT2D eigenvalue weighted by molar-refractivity contribution is 6.28. The van der Waals surface area contributed by atoms with Gasteiger partial charge in [-0.3, -0.25) is 0 Å². The van der Waals surface area contributed by atoms with E-state index in [9.17, 15) is 0 Å². The summed E-state index contributed by atoms with van der Waals surface area (Å²) in [7, 11) is 0. The Labute approximate surface area is 347 Å². The van der Waals surface area contributed by atoms with E-state index in [4.69, 9.17) is 8.83 Å². The van der Waals surface area contributed by atoms with Gasteiger partial charge in [-0.05, 0) is 156 Å². The molecule has 4 heteroatoms. The van der Waals surface area contributed by atoms with Crippen molar-refractivity contribution in [2.24, 2.45) is 0 Å². The maximum absolute atomic E-state index is 6.30. The molecule has 2 aromatic heterocycles. The van der Waals surface area contributed by atoms with Crippen molar-refractivity contribution in [2.45, 2.75) is 27.7 Å². The molecule has 0 atom stereocenters. The molecule has 0 saturated carbocycles. The Balaban J connectivity index is 1.12. The van der Waals surface area contributed by atoms with Crippen LogP contribution in [0.1, 0.15) is 22.3 Å². The van der Waals surface area contributed by atoms with Gasteiger partial charge in [0.2, 0.25) is 0 Å². The van der Waals surface area contributed by atoms with E-state index < -0.39 is 0 Å². The maximum atomic E-state index is 6.30. The van der Waals surface area contributed by atoms with E-state index >= 15 is 0 Å². The van der Waals surface area contributed by atoms with E-state index in [0.29, 0.717) is 0 Å². The molecular weight excluding hydrogens is 733 g/mol. The SMILES string of the molecule is Cc1cc(C)cc(N(c2ccc3oc4ccccc4c3c2)c2ccc3ccc4c(N(c5cc(C)cc(C)c5)c5ccc6oc7ccccc7c6c5)ccc5ccc2c3c54)c1. The van der Waals surface area contributed by atoms with Crippen molar-refractivity contribution in [1.29, 1.82) is 0 Å². The molecule has 2 heterocycles. The summed E-state index contributed by atoms with van der Waals surface area (Å²) in [5.41, 5.74) is 15.1. The quantitative estimate of drug-likeness (QED) is 0.158. The average molecular weight is 773 g/mol. The van der Waals surface area contributed by atoms with Crippen molar-refractivity contribution >= 4 is 110 Å². The minimum atomic E-state index is 0.886. The van der Waals surface area contributed by atoms with Gasteiger partial charge in [-0.15, -0.1) is 0 Å². The molecule has 0 bridgehead atoms. The molecule has 0 spiro atoms. The number of anilines is 6. The van der Waals surface area contributed by atoms with Gasteiger partial charge in [0, 0.05) is 55.1 Å². The third-order valence-electron chi connectivity index (χ3n) is 12.3. The number of para-hydroxylation sites is 2. The summed E-state index contributed by atoms with van der Waals surface area (Å²) in [5.74, 6) is 0. The van der Waals surface area contributed by atoms with Crippen LogP contribution in [0, 0.1) is 27.7 Å². The normalized spacial score (nSPS) is 12.0. The number of nitrogens with zero attached hydrogens (tertiary/aromatic N) is 2. The van der Waals surface area contributed by atoms with Crippen LogP contribution in [0.3, 0.4) is 0 Å². The van der Waals surface area contributed by atoms with Crippen LogP contribution in [-0.2, 0) is 0 Å². The van der Waals surface area contributed by atoms with Crippen molar-refractivity contribution < 1.29 is 8.83 Å². The first kappa shape index (κ1) is 34.5. The number of furan rings is 2. The van der Waals surface area contributed by atoms with Gasteiger partial charge in [0.05, 0.1) is 11.4 Å². The van der Waals surface area contributed by atoms with Crippen molar-refractivity contribution in [1.82, 2.24) is 0 Å². The third-order valence-corrected chi connectivity index (χ3v) is 12.3. The number of hydrogen-bond donors (Lipinski definition) is 0. The van der Waals surface area contributed by atoms with Crippen molar-refractivity contribution in [3.8, 4) is 0 Å². The van der Waals surface area contributed by atoms with E-state index in [1.165, 1.54) is 54.6 Å². The fourth-order valence-corrected chi connectivity index (χ4v) is 9.88. The third kappa shape index (κ3) is 5.31. The van der Waals surface area contributed by atoms with Crippen molar-refractivity contribution in [3.63, 3.8) is 0 Å². The molecule has 4 nitrogen and oxygen atoms in total. The number of rotatable bonds is 6. The van der Waals surface area contributed by atoms with Gasteiger partial charge >= 0.3 is 0 Å². The summed E-state index contributed by atoms with van der Waals surface area (Å²) >= 11 is 0. The highest BCUT2D eigenvalue weighted by Gasteiger charge is 2.23. The van der Waals surface area contributed by atoms with Crippen LogP contribution < -0.4 is 9.80 Å². The van der Waals surface area contributed by atoms with Crippen LogP contribution in [0.15, 0.2) is 179 Å². The number of benzene rings is 10. The van der Waals surface area contributed by atoms with E-state index in [1.807, 2.05) is 24.3 Å². The van der Waals surface area contributed by atoms with Crippen LogP contribution in [0.4, 0.5) is 34.1 Å². The minimum Gasteiger partial charge on any atom is -0.456 e. The highest BCUT2D eigenvalue weighted by atomic mass is 16.3. The fourth-order valence-electron chi connectivity index (χ4n) is 9.88. The summed E-state index contributed by atoms with van der Waals surface area (Å²) in [6, 6.07) is 61.9. The van der Waals surface area contributed by atoms with Gasteiger partial charge in [0.25, 0.3) is 0 Å². The topological polar surface area (TPSA) is 32.8 Å². The Morgan fingerprint density at radius 3 is 1.12 bits per heavy atom. The Hall–Kier alpha value is -7.56. The molecule has 0 aliphatic carbocycles. The van der Waals surface area contributed by atoms with Gasteiger partial charge in [-0.25, -0.2) is 0 Å². The molecule has 0 aliphatic heterocycles. The average Bonchev–Trinajstić information content (AvgIpc) is 3.81. The van der Waals surface area contributed by atoms with Crippen LogP contribution in [0.25, 0.3) is 76.2 Å². The Morgan fingerprint density at radius 1 is 0.300 bits per heavy atom. The summed E-state index contributed by atoms with van der Waals surface area (Å²) in [6.07, 6.45) is 0. The summed E-state index contributed by atoms with van der Waals surface area (Å²) in [5, 5.41) is 11.8. The molecule has 286 valence electrons. The lowest BCUT2D eigenvalue weighted by Crippen LogP contribution is -2.12. The summed E-state index contributed by atoms with van der Waals surface area (Å²) in [4.78, 5) is 4.86. The minimum absolute atomic E-state index is 0.886. The zero-order valence-electron chi connectivity index (χ0n) is 33.9. The lowest BCUT2D eigenvalue weighted by molar-refractivity contribution is 0.668. The van der Waals surface area contributed by atoms with Crippen LogP contribution in [0.5, 0.6) is 0 Å². The van der Waals surface area contributed by atoms with Gasteiger partial charge < -0.3 is 18.6 Å². The lowest BCUT2D eigenvalue weighted by Gasteiger charge is -2.30. The van der Waals surface area contributed by atoms with Gasteiger partial charge in [-0.2, -0.15) is 0 Å². The maximum Gasteiger partial charge on any atom is 0.135 e. The molecule has 60 heavy (non-hydrogen) atoms. The van der Waals surface area contributed by atoms with Crippen molar-refractivity contribution in [2.75, 3.05) is 9.80 Å². The van der Waals surface area contributed by atoms with E-state index in [0.717, 1.165) is 78.0 Å². The highest BCUT2D eigenvalue weighted by Crippen LogP contribution is 2.49. The molecule has 0 aliphatic rings. The Bertz CT molecular complexity index is 3400. The van der Waals surface area contributed by atoms with E-state index in [-0.39, 0.29) is 0 Å². The Kier molecular flexibility index (Phi) is 7.45. The number of hydrogen-bond acceptors (Lipinski definition) is 4. The monoisotopic (exact) mass is 772 g/mol. The zero-order valence-corrected chi connectivity index (χ0v) is 33.9. The first-order valence-electron chi connectivity index (χ1n) is 20.6. The molecular formula is C56H40N2O2. The molecule has 0 amide bonds. The smallest absolute Gasteiger partial charge is 0.135 e. The lowest BCUT2D eigenvalue weighted by atomic mass is 9.91. The van der Waals surface area contributed by atoms with Gasteiger partial charge in [0.15, 0.2) is 0 Å². The van der Waals surface area contributed by atoms with Crippen LogP contribution in [-0.4, -0.2) is 0 Å². The van der Waals surface area contributed by atoms with Gasteiger partial charge in [0.1, 0.15) is 22.3 Å². The molecule has 12 rings (SSSR count). The Morgan fingerprint density at radius 2 is 0.683 bits per heavy atom. The molecule has 12 aromatic rings. The first-order chi connectivity index (χ1) is 29.3. The predicted molar refractivity (Wildman–Crippen MR) is 253 cm³/mol. The van der Waals surface area contributed by atoms with E-state index in [2.05, 4.69) is 183 Å². The van der Waals surface area contributed by atoms with E-state index in [1.54, 1.807) is 0 Å². The van der Waals surface area contributed by atoms with Crippen LogP contribution >= 0.6 is 0 Å². The first-order valence-corrected chi connectivity index (χ1v) is 20.6. The molecule has 0 N–H and O–H groups in total. The summed E-state index contributed by atoms with van der Waals surface area (Å²) in [6.45, 7) is 8.73. The molecule has 0 unspecified atom stereocenters.